The number of hydrogen-bond acceptors (Lipinski definition) is 5. The highest BCUT2D eigenvalue weighted by atomic mass is 16.5. The molecule has 0 saturated carbocycles. The standard InChI is InChI=1S/C27H29N3O5/c1-6-34-18-14-10-13-17(23(18)31)24-22-21-19(25(32)29(5)26(33)28(21)4)20(16-11-8-7-9-12-16)30(22)27(2,3)15-35-24/h7-14,24,31H,6,15H2,1-5H3/t24-/m1/s1. The van der Waals surface area contributed by atoms with Crippen LogP contribution in [0.25, 0.3) is 22.2 Å². The number of aryl methyl sites for hydroxylation is 1. The Morgan fingerprint density at radius 1 is 1.06 bits per heavy atom. The van der Waals surface area contributed by atoms with E-state index in [0.29, 0.717) is 41.1 Å². The van der Waals surface area contributed by atoms with Gasteiger partial charge >= 0.3 is 5.69 Å². The molecule has 0 spiro atoms. The summed E-state index contributed by atoms with van der Waals surface area (Å²) in [6.07, 6.45) is -0.721. The molecule has 5 rings (SSSR count). The molecule has 8 heteroatoms. The van der Waals surface area contributed by atoms with Gasteiger partial charge in [0.05, 0.1) is 41.0 Å². The Morgan fingerprint density at radius 3 is 2.46 bits per heavy atom. The van der Waals surface area contributed by atoms with Crippen molar-refractivity contribution in [3.05, 3.63) is 80.6 Å². The molecule has 8 nitrogen and oxygen atoms in total. The Bertz CT molecular complexity index is 1560. The first-order valence-corrected chi connectivity index (χ1v) is 11.7. The second kappa shape index (κ2) is 8.16. The number of benzene rings is 2. The Labute approximate surface area is 202 Å². The SMILES string of the molecule is CCOc1cccc([C@H]2OCC(C)(C)n3c(-c4ccccc4)c4c(=O)n(C)c(=O)n(C)c4c32)c1O. The van der Waals surface area contributed by atoms with Crippen LogP contribution in [0.5, 0.6) is 11.5 Å². The lowest BCUT2D eigenvalue weighted by Gasteiger charge is -2.39. The Balaban J connectivity index is 1.97. The van der Waals surface area contributed by atoms with E-state index >= 15 is 0 Å². The first-order chi connectivity index (χ1) is 16.7. The van der Waals surface area contributed by atoms with Gasteiger partial charge < -0.3 is 19.1 Å². The molecule has 0 aliphatic carbocycles. The third-order valence-electron chi connectivity index (χ3n) is 6.73. The molecule has 0 unspecified atom stereocenters. The van der Waals surface area contributed by atoms with Crippen LogP contribution in [-0.4, -0.2) is 32.0 Å². The van der Waals surface area contributed by atoms with E-state index in [1.54, 1.807) is 25.2 Å². The lowest BCUT2D eigenvalue weighted by atomic mass is 9.97. The second-order valence-corrected chi connectivity index (χ2v) is 9.50. The van der Waals surface area contributed by atoms with Crippen molar-refractivity contribution in [2.45, 2.75) is 32.4 Å². The van der Waals surface area contributed by atoms with Crippen LogP contribution in [0.1, 0.15) is 38.1 Å². The number of fused-ring (bicyclic) bond motifs is 3. The molecule has 182 valence electrons. The fourth-order valence-electron chi connectivity index (χ4n) is 5.13. The van der Waals surface area contributed by atoms with Gasteiger partial charge in [-0.25, -0.2) is 4.79 Å². The molecule has 35 heavy (non-hydrogen) atoms. The molecule has 0 saturated heterocycles. The Morgan fingerprint density at radius 2 is 1.77 bits per heavy atom. The zero-order valence-electron chi connectivity index (χ0n) is 20.5. The van der Waals surface area contributed by atoms with E-state index in [2.05, 4.69) is 4.57 Å². The Hall–Kier alpha value is -3.78. The summed E-state index contributed by atoms with van der Waals surface area (Å²) in [5, 5.41) is 11.5. The lowest BCUT2D eigenvalue weighted by Crippen LogP contribution is -2.40. The molecular weight excluding hydrogens is 446 g/mol. The normalized spacial score (nSPS) is 16.9. The van der Waals surface area contributed by atoms with E-state index in [9.17, 15) is 14.7 Å². The van der Waals surface area contributed by atoms with E-state index in [0.717, 1.165) is 15.8 Å². The fourth-order valence-corrected chi connectivity index (χ4v) is 5.13. The quantitative estimate of drug-likeness (QED) is 0.487. The minimum absolute atomic E-state index is 0.0185. The Kier molecular flexibility index (Phi) is 5.36. The molecule has 0 bridgehead atoms. The van der Waals surface area contributed by atoms with Crippen LogP contribution >= 0.6 is 0 Å². The number of para-hydroxylation sites is 1. The van der Waals surface area contributed by atoms with Crippen LogP contribution < -0.4 is 16.0 Å². The fraction of sp³-hybridized carbons (Fsp3) is 0.333. The number of aromatic hydroxyl groups is 1. The van der Waals surface area contributed by atoms with Crippen molar-refractivity contribution in [1.82, 2.24) is 13.7 Å². The number of hydrogen-bond donors (Lipinski definition) is 1. The van der Waals surface area contributed by atoms with Gasteiger partial charge in [-0.15, -0.1) is 0 Å². The van der Waals surface area contributed by atoms with Crippen LogP contribution in [0.2, 0.25) is 0 Å². The highest BCUT2D eigenvalue weighted by Gasteiger charge is 2.41. The predicted molar refractivity (Wildman–Crippen MR) is 134 cm³/mol. The third kappa shape index (κ3) is 3.31. The monoisotopic (exact) mass is 475 g/mol. The number of nitrogens with zero attached hydrogens (tertiary/aromatic N) is 3. The van der Waals surface area contributed by atoms with Crippen molar-refractivity contribution in [3.8, 4) is 22.8 Å². The predicted octanol–water partition coefficient (Wildman–Crippen LogP) is 3.66. The summed E-state index contributed by atoms with van der Waals surface area (Å²) in [5.41, 5.74) is 1.92. The maximum Gasteiger partial charge on any atom is 0.331 e. The summed E-state index contributed by atoms with van der Waals surface area (Å²) < 4.78 is 16.7. The average molecular weight is 476 g/mol. The van der Waals surface area contributed by atoms with Gasteiger partial charge in [0, 0.05) is 19.7 Å². The molecule has 3 heterocycles. The molecule has 1 aliphatic rings. The maximum absolute atomic E-state index is 13.6. The number of phenolic OH excluding ortho intramolecular Hbond substituents is 1. The molecule has 4 aromatic rings. The summed E-state index contributed by atoms with van der Waals surface area (Å²) in [5.74, 6) is 0.337. The second-order valence-electron chi connectivity index (χ2n) is 9.50. The van der Waals surface area contributed by atoms with E-state index < -0.39 is 17.3 Å². The van der Waals surface area contributed by atoms with Gasteiger partial charge in [0.25, 0.3) is 5.56 Å². The minimum Gasteiger partial charge on any atom is -0.504 e. The van der Waals surface area contributed by atoms with Crippen molar-refractivity contribution >= 4 is 10.9 Å². The largest absolute Gasteiger partial charge is 0.504 e. The summed E-state index contributed by atoms with van der Waals surface area (Å²) in [6, 6.07) is 15.0. The van der Waals surface area contributed by atoms with Crippen molar-refractivity contribution in [2.75, 3.05) is 13.2 Å². The average Bonchev–Trinajstić information content (AvgIpc) is 3.22. The van der Waals surface area contributed by atoms with Crippen molar-refractivity contribution in [1.29, 1.82) is 0 Å². The molecule has 2 aromatic carbocycles. The molecule has 1 atom stereocenters. The van der Waals surface area contributed by atoms with Crippen LogP contribution in [0.3, 0.4) is 0 Å². The van der Waals surface area contributed by atoms with Crippen LogP contribution in [0.15, 0.2) is 58.1 Å². The highest BCUT2D eigenvalue weighted by molar-refractivity contribution is 5.96. The van der Waals surface area contributed by atoms with Gasteiger partial charge in [-0.3, -0.25) is 13.9 Å². The van der Waals surface area contributed by atoms with Crippen molar-refractivity contribution < 1.29 is 14.6 Å². The molecule has 0 fully saturated rings. The summed E-state index contributed by atoms with van der Waals surface area (Å²) in [7, 11) is 3.15. The number of phenols is 1. The third-order valence-corrected chi connectivity index (χ3v) is 6.73. The van der Waals surface area contributed by atoms with Gasteiger partial charge in [0.2, 0.25) is 0 Å². The topological polar surface area (TPSA) is 87.6 Å². The molecule has 0 radical (unpaired) electrons. The minimum atomic E-state index is -0.721. The van der Waals surface area contributed by atoms with Gasteiger partial charge in [-0.05, 0) is 32.4 Å². The van der Waals surface area contributed by atoms with E-state index in [1.165, 1.54) is 11.6 Å². The molecule has 1 aliphatic heterocycles. The van der Waals surface area contributed by atoms with Crippen molar-refractivity contribution in [2.24, 2.45) is 14.1 Å². The highest BCUT2D eigenvalue weighted by Crippen LogP contribution is 2.48. The van der Waals surface area contributed by atoms with Crippen molar-refractivity contribution in [3.63, 3.8) is 0 Å². The lowest BCUT2D eigenvalue weighted by molar-refractivity contribution is -0.00812. The van der Waals surface area contributed by atoms with E-state index in [1.807, 2.05) is 51.1 Å². The molecular formula is C27H29N3O5. The number of ether oxygens (including phenoxy) is 2. The summed E-state index contributed by atoms with van der Waals surface area (Å²) >= 11 is 0. The van der Waals surface area contributed by atoms with Gasteiger partial charge in [-0.1, -0.05) is 42.5 Å². The zero-order chi connectivity index (χ0) is 25.1. The molecule has 1 N–H and O–H groups in total. The number of aromatic nitrogens is 3. The smallest absolute Gasteiger partial charge is 0.331 e. The van der Waals surface area contributed by atoms with Crippen LogP contribution in [-0.2, 0) is 24.4 Å². The number of rotatable bonds is 4. The van der Waals surface area contributed by atoms with E-state index in [4.69, 9.17) is 9.47 Å². The van der Waals surface area contributed by atoms with Crippen LogP contribution in [0, 0.1) is 0 Å². The zero-order valence-corrected chi connectivity index (χ0v) is 20.5. The first kappa shape index (κ1) is 23.0. The van der Waals surface area contributed by atoms with Gasteiger partial charge in [0.15, 0.2) is 11.5 Å². The first-order valence-electron chi connectivity index (χ1n) is 11.7. The maximum atomic E-state index is 13.6. The summed E-state index contributed by atoms with van der Waals surface area (Å²) in [6.45, 7) is 6.66. The van der Waals surface area contributed by atoms with Crippen LogP contribution in [0.4, 0.5) is 0 Å². The van der Waals surface area contributed by atoms with E-state index in [-0.39, 0.29) is 11.3 Å². The van der Waals surface area contributed by atoms with Gasteiger partial charge in [0.1, 0.15) is 6.10 Å². The summed E-state index contributed by atoms with van der Waals surface area (Å²) in [4.78, 5) is 26.7. The van der Waals surface area contributed by atoms with Gasteiger partial charge in [-0.2, -0.15) is 0 Å². The molecule has 0 amide bonds. The molecule has 2 aromatic heterocycles.